The van der Waals surface area contributed by atoms with Gasteiger partial charge in [-0.25, -0.2) is 4.98 Å². The molecule has 0 fully saturated rings. The molecule has 0 aliphatic heterocycles. The highest BCUT2D eigenvalue weighted by Gasteiger charge is 1.96. The van der Waals surface area contributed by atoms with Gasteiger partial charge in [0, 0.05) is 31.1 Å². The normalized spacial score (nSPS) is 13.0. The van der Waals surface area contributed by atoms with Crippen molar-refractivity contribution in [2.45, 2.75) is 32.9 Å². The summed E-state index contributed by atoms with van der Waals surface area (Å²) in [5.74, 6) is 0. The Morgan fingerprint density at radius 2 is 2.36 bits per heavy atom. The average Bonchev–Trinajstić information content (AvgIpc) is 2.69. The first-order chi connectivity index (χ1) is 6.83. The number of hydrogen-bond acceptors (Lipinski definition) is 4. The summed E-state index contributed by atoms with van der Waals surface area (Å²) < 4.78 is 0. The molecule has 0 bridgehead atoms. The highest BCUT2D eigenvalue weighted by molar-refractivity contribution is 7.07. The Kier molecular flexibility index (Phi) is 5.75. The molecule has 0 spiro atoms. The summed E-state index contributed by atoms with van der Waals surface area (Å²) in [5, 5.41) is 8.86. The third-order valence-corrected chi connectivity index (χ3v) is 2.83. The first-order valence-electron chi connectivity index (χ1n) is 5.14. The summed E-state index contributed by atoms with van der Waals surface area (Å²) in [6, 6.07) is 0.621. The first kappa shape index (κ1) is 11.6. The molecule has 1 rings (SSSR count). The van der Waals surface area contributed by atoms with E-state index in [1.807, 2.05) is 5.51 Å². The minimum absolute atomic E-state index is 0.621. The van der Waals surface area contributed by atoms with Gasteiger partial charge >= 0.3 is 0 Å². The van der Waals surface area contributed by atoms with Crippen LogP contribution in [0.3, 0.4) is 0 Å². The van der Waals surface area contributed by atoms with Crippen LogP contribution in [-0.4, -0.2) is 24.1 Å². The monoisotopic (exact) mass is 213 g/mol. The van der Waals surface area contributed by atoms with E-state index >= 15 is 0 Å². The van der Waals surface area contributed by atoms with Crippen LogP contribution in [0.1, 0.15) is 26.0 Å². The van der Waals surface area contributed by atoms with Crippen LogP contribution < -0.4 is 10.6 Å². The van der Waals surface area contributed by atoms with Gasteiger partial charge in [-0.05, 0) is 13.3 Å². The minimum Gasteiger partial charge on any atom is -0.313 e. The minimum atomic E-state index is 0.621. The highest BCUT2D eigenvalue weighted by atomic mass is 32.1. The van der Waals surface area contributed by atoms with Gasteiger partial charge in [-0.3, -0.25) is 0 Å². The van der Waals surface area contributed by atoms with Crippen molar-refractivity contribution in [1.29, 1.82) is 0 Å². The predicted octanol–water partition coefficient (Wildman–Crippen LogP) is 1.62. The van der Waals surface area contributed by atoms with E-state index in [2.05, 4.69) is 34.8 Å². The molecular weight excluding hydrogens is 194 g/mol. The van der Waals surface area contributed by atoms with Crippen molar-refractivity contribution in [3.63, 3.8) is 0 Å². The van der Waals surface area contributed by atoms with Gasteiger partial charge in [0.1, 0.15) is 0 Å². The van der Waals surface area contributed by atoms with E-state index in [9.17, 15) is 0 Å². The van der Waals surface area contributed by atoms with Crippen molar-refractivity contribution in [2.24, 2.45) is 0 Å². The van der Waals surface area contributed by atoms with Gasteiger partial charge in [-0.1, -0.05) is 6.92 Å². The van der Waals surface area contributed by atoms with Gasteiger partial charge in [0.15, 0.2) is 0 Å². The van der Waals surface area contributed by atoms with Crippen LogP contribution in [0, 0.1) is 0 Å². The molecule has 1 atom stereocenters. The van der Waals surface area contributed by atoms with Gasteiger partial charge in [-0.2, -0.15) is 0 Å². The molecule has 80 valence electrons. The van der Waals surface area contributed by atoms with Gasteiger partial charge in [0.25, 0.3) is 0 Å². The Morgan fingerprint density at radius 3 is 3.00 bits per heavy atom. The summed E-state index contributed by atoms with van der Waals surface area (Å²) in [6.07, 6.45) is 1.19. The zero-order chi connectivity index (χ0) is 10.2. The lowest BCUT2D eigenvalue weighted by Gasteiger charge is -2.10. The Morgan fingerprint density at radius 1 is 1.50 bits per heavy atom. The summed E-state index contributed by atoms with van der Waals surface area (Å²) in [7, 11) is 0. The zero-order valence-corrected chi connectivity index (χ0v) is 9.73. The van der Waals surface area contributed by atoms with Crippen LogP contribution in [0.4, 0.5) is 0 Å². The summed E-state index contributed by atoms with van der Waals surface area (Å²) >= 11 is 1.65. The molecule has 0 saturated heterocycles. The van der Waals surface area contributed by atoms with E-state index in [1.165, 1.54) is 6.42 Å². The molecule has 0 amide bonds. The molecule has 4 heteroatoms. The summed E-state index contributed by atoms with van der Waals surface area (Å²) in [5.41, 5.74) is 3.01. The molecule has 0 aliphatic rings. The molecule has 1 heterocycles. The third-order valence-electron chi connectivity index (χ3n) is 2.20. The molecule has 1 aromatic rings. The van der Waals surface area contributed by atoms with Crippen LogP contribution >= 0.6 is 11.3 Å². The molecule has 3 nitrogen and oxygen atoms in total. The molecule has 1 unspecified atom stereocenters. The van der Waals surface area contributed by atoms with Gasteiger partial charge in [-0.15, -0.1) is 11.3 Å². The van der Waals surface area contributed by atoms with Crippen LogP contribution in [-0.2, 0) is 6.54 Å². The fourth-order valence-corrected chi connectivity index (χ4v) is 1.65. The molecular formula is C10H19N3S. The molecule has 0 aromatic carbocycles. The molecule has 0 radical (unpaired) electrons. The first-order valence-corrected chi connectivity index (χ1v) is 6.08. The maximum Gasteiger partial charge on any atom is 0.0795 e. The maximum absolute atomic E-state index is 4.20. The molecule has 14 heavy (non-hydrogen) atoms. The fourth-order valence-electron chi connectivity index (χ4n) is 1.09. The lowest BCUT2D eigenvalue weighted by molar-refractivity contribution is 0.516. The number of thiazole rings is 1. The number of nitrogens with zero attached hydrogens (tertiary/aromatic N) is 1. The van der Waals surface area contributed by atoms with Gasteiger partial charge in [0.2, 0.25) is 0 Å². The number of nitrogens with one attached hydrogen (secondary N) is 2. The number of hydrogen-bond donors (Lipinski definition) is 2. The third kappa shape index (κ3) is 4.69. The standard InChI is InChI=1S/C10H19N3S/c1-3-9(2)12-5-4-11-6-10-7-14-8-13-10/h7-9,11-12H,3-6H2,1-2H3. The van der Waals surface area contributed by atoms with Crippen molar-refractivity contribution < 1.29 is 0 Å². The molecule has 2 N–H and O–H groups in total. The largest absolute Gasteiger partial charge is 0.313 e. The number of aromatic nitrogens is 1. The second-order valence-electron chi connectivity index (χ2n) is 3.42. The average molecular weight is 213 g/mol. The highest BCUT2D eigenvalue weighted by Crippen LogP contribution is 1.99. The second kappa shape index (κ2) is 6.92. The number of rotatable bonds is 7. The zero-order valence-electron chi connectivity index (χ0n) is 8.92. The molecule has 0 saturated carbocycles. The quantitative estimate of drug-likeness (QED) is 0.676. The van der Waals surface area contributed by atoms with Crippen molar-refractivity contribution in [3.8, 4) is 0 Å². The Hall–Kier alpha value is -0.450. The van der Waals surface area contributed by atoms with E-state index in [-0.39, 0.29) is 0 Å². The van der Waals surface area contributed by atoms with E-state index in [1.54, 1.807) is 11.3 Å². The topological polar surface area (TPSA) is 37.0 Å². The summed E-state index contributed by atoms with van der Waals surface area (Å²) in [4.78, 5) is 4.20. The Labute approximate surface area is 89.9 Å². The van der Waals surface area contributed by atoms with Crippen LogP contribution in [0.2, 0.25) is 0 Å². The van der Waals surface area contributed by atoms with Crippen LogP contribution in [0.25, 0.3) is 0 Å². The van der Waals surface area contributed by atoms with E-state index < -0.39 is 0 Å². The molecule has 1 aromatic heterocycles. The second-order valence-corrected chi connectivity index (χ2v) is 4.14. The predicted molar refractivity (Wildman–Crippen MR) is 61.6 cm³/mol. The van der Waals surface area contributed by atoms with Crippen molar-refractivity contribution in [3.05, 3.63) is 16.6 Å². The Bertz CT molecular complexity index is 223. The van der Waals surface area contributed by atoms with Crippen molar-refractivity contribution >= 4 is 11.3 Å². The van der Waals surface area contributed by atoms with E-state index in [0.717, 1.165) is 25.3 Å². The molecule has 0 aliphatic carbocycles. The Balaban J connectivity index is 1.95. The van der Waals surface area contributed by atoms with Crippen LogP contribution in [0.15, 0.2) is 10.9 Å². The van der Waals surface area contributed by atoms with Crippen LogP contribution in [0.5, 0.6) is 0 Å². The lowest BCUT2D eigenvalue weighted by atomic mass is 10.2. The SMILES string of the molecule is CCC(C)NCCNCc1cscn1. The fraction of sp³-hybridized carbons (Fsp3) is 0.700. The van der Waals surface area contributed by atoms with Gasteiger partial charge in [0.05, 0.1) is 11.2 Å². The lowest BCUT2D eigenvalue weighted by Crippen LogP contribution is -2.32. The van der Waals surface area contributed by atoms with E-state index in [0.29, 0.717) is 6.04 Å². The van der Waals surface area contributed by atoms with Gasteiger partial charge < -0.3 is 10.6 Å². The van der Waals surface area contributed by atoms with E-state index in [4.69, 9.17) is 0 Å². The maximum atomic E-state index is 4.20. The smallest absolute Gasteiger partial charge is 0.0795 e. The van der Waals surface area contributed by atoms with Crippen molar-refractivity contribution in [1.82, 2.24) is 15.6 Å². The summed E-state index contributed by atoms with van der Waals surface area (Å²) in [6.45, 7) is 7.31. The van der Waals surface area contributed by atoms with Crippen molar-refractivity contribution in [2.75, 3.05) is 13.1 Å².